The Morgan fingerprint density at radius 2 is 1.70 bits per heavy atom. The fourth-order valence-electron chi connectivity index (χ4n) is 1.72. The summed E-state index contributed by atoms with van der Waals surface area (Å²) < 4.78 is 42.4. The Kier molecular flexibility index (Phi) is 5.63. The fraction of sp³-hybridized carbons (Fsp3) is 0.467. The van der Waals surface area contributed by atoms with Crippen molar-refractivity contribution in [1.29, 1.82) is 0 Å². The predicted octanol–water partition coefficient (Wildman–Crippen LogP) is 3.23. The third-order valence-electron chi connectivity index (χ3n) is 2.71. The first kappa shape index (κ1) is 18.8. The van der Waals surface area contributed by atoms with E-state index in [2.05, 4.69) is 5.32 Å². The molecule has 1 amide bonds. The molecule has 1 unspecified atom stereocenters. The molecule has 0 fully saturated rings. The Bertz CT molecular complexity index is 562. The first-order valence-electron chi connectivity index (χ1n) is 6.77. The van der Waals surface area contributed by atoms with Crippen LogP contribution in [0.5, 0.6) is 0 Å². The fourth-order valence-corrected chi connectivity index (χ4v) is 1.72. The molecule has 0 aliphatic rings. The molecule has 1 aromatic carbocycles. The van der Waals surface area contributed by atoms with Crippen LogP contribution < -0.4 is 5.32 Å². The highest BCUT2D eigenvalue weighted by Gasteiger charge is 2.30. The molecular weight excluding hydrogens is 315 g/mol. The van der Waals surface area contributed by atoms with Gasteiger partial charge in [-0.15, -0.1) is 0 Å². The number of nitrogens with one attached hydrogen (secondary N) is 1. The molecule has 1 atom stereocenters. The average molecular weight is 333 g/mol. The SMILES string of the molecule is CC(C)(C)OC(=O)NC(Cc1ccc(C(F)(F)F)cc1)C(=O)O. The number of carbonyl (C=O) groups excluding carboxylic acids is 1. The van der Waals surface area contributed by atoms with Crippen molar-refractivity contribution in [2.24, 2.45) is 0 Å². The lowest BCUT2D eigenvalue weighted by Gasteiger charge is -2.22. The largest absolute Gasteiger partial charge is 0.480 e. The molecule has 0 spiro atoms. The zero-order valence-electron chi connectivity index (χ0n) is 12.9. The van der Waals surface area contributed by atoms with Gasteiger partial charge in [0, 0.05) is 6.42 Å². The number of amides is 1. The van der Waals surface area contributed by atoms with Gasteiger partial charge in [-0.1, -0.05) is 12.1 Å². The Labute approximate surface area is 131 Å². The van der Waals surface area contributed by atoms with Crippen LogP contribution in [0.15, 0.2) is 24.3 Å². The molecule has 0 aromatic heterocycles. The Balaban J connectivity index is 2.77. The normalized spacial score (nSPS) is 13.3. The second kappa shape index (κ2) is 6.89. The highest BCUT2D eigenvalue weighted by molar-refractivity contribution is 5.80. The lowest BCUT2D eigenvalue weighted by atomic mass is 10.0. The second-order valence-corrected chi connectivity index (χ2v) is 5.94. The molecule has 1 rings (SSSR count). The van der Waals surface area contributed by atoms with Crippen molar-refractivity contribution in [2.45, 2.75) is 45.0 Å². The zero-order valence-corrected chi connectivity index (χ0v) is 12.9. The minimum Gasteiger partial charge on any atom is -0.480 e. The summed E-state index contributed by atoms with van der Waals surface area (Å²) in [6.45, 7) is 4.87. The number of alkyl halides is 3. The number of carbonyl (C=O) groups is 2. The number of halogens is 3. The van der Waals surface area contributed by atoms with E-state index in [1.165, 1.54) is 12.1 Å². The maximum atomic E-state index is 12.5. The van der Waals surface area contributed by atoms with Crippen LogP contribution in [-0.4, -0.2) is 28.8 Å². The van der Waals surface area contributed by atoms with Gasteiger partial charge in [0.05, 0.1) is 5.56 Å². The summed E-state index contributed by atoms with van der Waals surface area (Å²) in [7, 11) is 0. The number of hydrogen-bond donors (Lipinski definition) is 2. The molecule has 2 N–H and O–H groups in total. The van der Waals surface area contributed by atoms with Crippen molar-refractivity contribution >= 4 is 12.1 Å². The van der Waals surface area contributed by atoms with Crippen molar-refractivity contribution < 1.29 is 32.6 Å². The van der Waals surface area contributed by atoms with Crippen molar-refractivity contribution in [3.8, 4) is 0 Å². The van der Waals surface area contributed by atoms with Crippen molar-refractivity contribution in [3.05, 3.63) is 35.4 Å². The van der Waals surface area contributed by atoms with E-state index in [1.807, 2.05) is 0 Å². The molecule has 0 bridgehead atoms. The lowest BCUT2D eigenvalue weighted by molar-refractivity contribution is -0.139. The molecule has 0 heterocycles. The summed E-state index contributed by atoms with van der Waals surface area (Å²) in [4.78, 5) is 22.8. The van der Waals surface area contributed by atoms with Crippen LogP contribution in [0.1, 0.15) is 31.9 Å². The number of rotatable bonds is 4. The number of hydrogen-bond acceptors (Lipinski definition) is 3. The molecule has 0 radical (unpaired) electrons. The first-order chi connectivity index (χ1) is 10.4. The van der Waals surface area contributed by atoms with E-state index >= 15 is 0 Å². The monoisotopic (exact) mass is 333 g/mol. The molecule has 0 saturated heterocycles. The zero-order chi connectivity index (χ0) is 17.8. The van der Waals surface area contributed by atoms with E-state index in [4.69, 9.17) is 9.84 Å². The molecule has 5 nitrogen and oxygen atoms in total. The highest BCUT2D eigenvalue weighted by atomic mass is 19.4. The maximum absolute atomic E-state index is 12.5. The predicted molar refractivity (Wildman–Crippen MR) is 75.9 cm³/mol. The number of carboxylic acid groups (broad SMARTS) is 1. The number of alkyl carbamates (subject to hydrolysis) is 1. The molecule has 0 aliphatic heterocycles. The summed E-state index contributed by atoms with van der Waals surface area (Å²) in [5.41, 5.74) is -1.27. The summed E-state index contributed by atoms with van der Waals surface area (Å²) >= 11 is 0. The molecule has 1 aromatic rings. The summed E-state index contributed by atoms with van der Waals surface area (Å²) in [5, 5.41) is 11.3. The van der Waals surface area contributed by atoms with Gasteiger partial charge in [0.2, 0.25) is 0 Å². The molecular formula is C15H18F3NO4. The Morgan fingerprint density at radius 1 is 1.17 bits per heavy atom. The lowest BCUT2D eigenvalue weighted by Crippen LogP contribution is -2.44. The third kappa shape index (κ3) is 6.58. The summed E-state index contributed by atoms with van der Waals surface area (Å²) in [5.74, 6) is -1.31. The van der Waals surface area contributed by atoms with Crippen LogP contribution in [-0.2, 0) is 22.1 Å². The van der Waals surface area contributed by atoms with Gasteiger partial charge in [-0.25, -0.2) is 9.59 Å². The number of benzene rings is 1. The van der Waals surface area contributed by atoms with Gasteiger partial charge in [0.1, 0.15) is 11.6 Å². The molecule has 8 heteroatoms. The van der Waals surface area contributed by atoms with Crippen molar-refractivity contribution in [2.75, 3.05) is 0 Å². The van der Waals surface area contributed by atoms with Gasteiger partial charge >= 0.3 is 18.2 Å². The van der Waals surface area contributed by atoms with Crippen molar-refractivity contribution in [3.63, 3.8) is 0 Å². The Morgan fingerprint density at radius 3 is 2.09 bits per heavy atom. The van der Waals surface area contributed by atoms with Crippen LogP contribution in [0.2, 0.25) is 0 Å². The van der Waals surface area contributed by atoms with Crippen LogP contribution in [0.3, 0.4) is 0 Å². The van der Waals surface area contributed by atoms with E-state index in [0.29, 0.717) is 5.56 Å². The number of ether oxygens (including phenoxy) is 1. The van der Waals surface area contributed by atoms with Crippen LogP contribution in [0, 0.1) is 0 Å². The quantitative estimate of drug-likeness (QED) is 0.887. The van der Waals surface area contributed by atoms with Crippen LogP contribution in [0.4, 0.5) is 18.0 Å². The summed E-state index contributed by atoms with van der Waals surface area (Å²) in [6.07, 6.45) is -5.52. The minimum atomic E-state index is -4.46. The van der Waals surface area contributed by atoms with E-state index in [-0.39, 0.29) is 6.42 Å². The van der Waals surface area contributed by atoms with Crippen LogP contribution in [0.25, 0.3) is 0 Å². The number of aliphatic carboxylic acids is 1. The highest BCUT2D eigenvalue weighted by Crippen LogP contribution is 2.29. The van der Waals surface area contributed by atoms with E-state index in [0.717, 1.165) is 12.1 Å². The van der Waals surface area contributed by atoms with Gasteiger partial charge in [-0.3, -0.25) is 0 Å². The molecule has 128 valence electrons. The average Bonchev–Trinajstić information content (AvgIpc) is 2.35. The molecule has 23 heavy (non-hydrogen) atoms. The topological polar surface area (TPSA) is 75.6 Å². The van der Waals surface area contributed by atoms with Crippen LogP contribution >= 0.6 is 0 Å². The summed E-state index contributed by atoms with van der Waals surface area (Å²) in [6, 6.07) is 2.77. The standard InChI is InChI=1S/C15H18F3NO4/c1-14(2,3)23-13(22)19-11(12(20)21)8-9-4-6-10(7-5-9)15(16,17)18/h4-7,11H,8H2,1-3H3,(H,19,22)(H,20,21). The minimum absolute atomic E-state index is 0.160. The smallest absolute Gasteiger partial charge is 0.416 e. The third-order valence-corrected chi connectivity index (χ3v) is 2.71. The van der Waals surface area contributed by atoms with E-state index in [9.17, 15) is 22.8 Å². The van der Waals surface area contributed by atoms with Gasteiger partial charge in [0.15, 0.2) is 0 Å². The molecule has 0 aliphatic carbocycles. The Hall–Kier alpha value is -2.25. The van der Waals surface area contributed by atoms with Gasteiger partial charge < -0.3 is 15.2 Å². The van der Waals surface area contributed by atoms with Gasteiger partial charge in [-0.2, -0.15) is 13.2 Å². The van der Waals surface area contributed by atoms with E-state index in [1.54, 1.807) is 20.8 Å². The maximum Gasteiger partial charge on any atom is 0.416 e. The second-order valence-electron chi connectivity index (χ2n) is 5.94. The van der Waals surface area contributed by atoms with Gasteiger partial charge in [0.25, 0.3) is 0 Å². The van der Waals surface area contributed by atoms with E-state index < -0.39 is 35.4 Å². The molecule has 0 saturated carbocycles. The first-order valence-corrected chi connectivity index (χ1v) is 6.77. The van der Waals surface area contributed by atoms with Crippen molar-refractivity contribution in [1.82, 2.24) is 5.32 Å². The number of carboxylic acids is 1. The van der Waals surface area contributed by atoms with Gasteiger partial charge in [-0.05, 0) is 38.5 Å².